The molecule has 0 saturated heterocycles. The summed E-state index contributed by atoms with van der Waals surface area (Å²) in [7, 11) is 1.70. The Kier molecular flexibility index (Phi) is 4.99. The van der Waals surface area contributed by atoms with Crippen LogP contribution in [0.25, 0.3) is 0 Å². The van der Waals surface area contributed by atoms with Gasteiger partial charge in [-0.15, -0.1) is 0 Å². The molecule has 0 aromatic carbocycles. The molecule has 0 radical (unpaired) electrons. The summed E-state index contributed by atoms with van der Waals surface area (Å²) in [4.78, 5) is 4.18. The maximum atomic E-state index is 5.32. The fourth-order valence-electron chi connectivity index (χ4n) is 1.77. The van der Waals surface area contributed by atoms with Crippen molar-refractivity contribution in [3.63, 3.8) is 0 Å². The van der Waals surface area contributed by atoms with E-state index in [1.807, 2.05) is 24.7 Å². The largest absolute Gasteiger partial charge is 0.469 e. The number of ether oxygens (including phenoxy) is 1. The predicted molar refractivity (Wildman–Crippen MR) is 68.2 cm³/mol. The Labute approximate surface area is 107 Å². The smallest absolute Gasteiger partial charge is 0.105 e. The molecule has 2 heterocycles. The lowest BCUT2D eigenvalue weighted by molar-refractivity contribution is 0.199. The summed E-state index contributed by atoms with van der Waals surface area (Å²) in [5, 5.41) is 3.31. The van der Waals surface area contributed by atoms with Crippen molar-refractivity contribution < 1.29 is 9.15 Å². The first-order valence-electron chi connectivity index (χ1n) is 6.11. The molecule has 2 aromatic heterocycles. The van der Waals surface area contributed by atoms with Gasteiger partial charge in [-0.05, 0) is 12.1 Å². The zero-order valence-electron chi connectivity index (χ0n) is 10.6. The Morgan fingerprint density at radius 3 is 3.22 bits per heavy atom. The predicted octanol–water partition coefficient (Wildman–Crippen LogP) is 1.45. The van der Waals surface area contributed by atoms with Crippen LogP contribution >= 0.6 is 0 Å². The van der Waals surface area contributed by atoms with Crippen LogP contribution < -0.4 is 5.32 Å². The van der Waals surface area contributed by atoms with Crippen LogP contribution in [0.15, 0.2) is 35.3 Å². The average Bonchev–Trinajstić information content (AvgIpc) is 3.03. The first-order chi connectivity index (χ1) is 8.90. The molecule has 0 amide bonds. The molecule has 2 rings (SSSR count). The quantitative estimate of drug-likeness (QED) is 0.720. The molecule has 0 fully saturated rings. The van der Waals surface area contributed by atoms with Crippen molar-refractivity contribution in [2.45, 2.75) is 19.5 Å². The highest BCUT2D eigenvalue weighted by molar-refractivity contribution is 5.01. The summed E-state index contributed by atoms with van der Waals surface area (Å²) in [5.74, 6) is 1.00. The van der Waals surface area contributed by atoms with E-state index in [0.717, 1.165) is 38.4 Å². The zero-order chi connectivity index (χ0) is 12.6. The van der Waals surface area contributed by atoms with Gasteiger partial charge in [0.15, 0.2) is 0 Å². The number of rotatable bonds is 8. The number of hydrogen-bond donors (Lipinski definition) is 1. The number of aryl methyl sites for hydroxylation is 2. The molecule has 0 aliphatic heterocycles. The van der Waals surface area contributed by atoms with E-state index in [-0.39, 0.29) is 0 Å². The van der Waals surface area contributed by atoms with Crippen molar-refractivity contribution in [3.8, 4) is 0 Å². The normalized spacial score (nSPS) is 10.9. The molecule has 18 heavy (non-hydrogen) atoms. The third-order valence-corrected chi connectivity index (χ3v) is 2.77. The van der Waals surface area contributed by atoms with E-state index < -0.39 is 0 Å². The van der Waals surface area contributed by atoms with Gasteiger partial charge in [0, 0.05) is 39.4 Å². The highest BCUT2D eigenvalue weighted by Crippen LogP contribution is 2.05. The van der Waals surface area contributed by atoms with Gasteiger partial charge in [-0.25, -0.2) is 4.98 Å². The summed E-state index contributed by atoms with van der Waals surface area (Å²) in [6, 6.07) is 3.91. The summed E-state index contributed by atoms with van der Waals surface area (Å²) in [5.41, 5.74) is 1.18. The first kappa shape index (κ1) is 12.9. The Morgan fingerprint density at radius 1 is 1.50 bits per heavy atom. The third-order valence-electron chi connectivity index (χ3n) is 2.77. The summed E-state index contributed by atoms with van der Waals surface area (Å²) in [6.07, 6.45) is 6.34. The van der Waals surface area contributed by atoms with Gasteiger partial charge in [-0.1, -0.05) is 0 Å². The molecular formula is C13H19N3O2. The summed E-state index contributed by atoms with van der Waals surface area (Å²) in [6.45, 7) is 3.26. The van der Waals surface area contributed by atoms with Crippen LogP contribution in [-0.2, 0) is 24.2 Å². The number of nitrogens with one attached hydrogen (secondary N) is 1. The minimum atomic E-state index is 0.723. The number of furan rings is 1. The van der Waals surface area contributed by atoms with E-state index in [9.17, 15) is 0 Å². The first-order valence-corrected chi connectivity index (χ1v) is 6.11. The summed E-state index contributed by atoms with van der Waals surface area (Å²) >= 11 is 0. The van der Waals surface area contributed by atoms with Crippen LogP contribution in [0, 0.1) is 0 Å². The van der Waals surface area contributed by atoms with Gasteiger partial charge in [0.1, 0.15) is 5.76 Å². The number of aromatic nitrogens is 2. The number of imidazole rings is 1. The molecule has 2 aromatic rings. The molecule has 98 valence electrons. The van der Waals surface area contributed by atoms with Gasteiger partial charge in [0.05, 0.1) is 24.9 Å². The van der Waals surface area contributed by atoms with Gasteiger partial charge in [-0.2, -0.15) is 0 Å². The third kappa shape index (κ3) is 3.72. The fraction of sp³-hybridized carbons (Fsp3) is 0.462. The highest BCUT2D eigenvalue weighted by atomic mass is 16.5. The monoisotopic (exact) mass is 249 g/mol. The number of methoxy groups -OCH3 is 1. The molecule has 0 aliphatic rings. The van der Waals surface area contributed by atoms with Crippen LogP contribution in [0.5, 0.6) is 0 Å². The molecule has 1 N–H and O–H groups in total. The second-order valence-corrected chi connectivity index (χ2v) is 4.08. The van der Waals surface area contributed by atoms with Crippen molar-refractivity contribution in [3.05, 3.63) is 42.4 Å². The van der Waals surface area contributed by atoms with Crippen LogP contribution in [0.2, 0.25) is 0 Å². The molecule has 5 nitrogen and oxygen atoms in total. The second-order valence-electron chi connectivity index (χ2n) is 4.08. The van der Waals surface area contributed by atoms with Crippen molar-refractivity contribution in [2.75, 3.05) is 20.3 Å². The Morgan fingerprint density at radius 2 is 2.44 bits per heavy atom. The van der Waals surface area contributed by atoms with Crippen molar-refractivity contribution >= 4 is 0 Å². The van der Waals surface area contributed by atoms with E-state index >= 15 is 0 Å². The molecule has 0 aliphatic carbocycles. The Bertz CT molecular complexity index is 437. The van der Waals surface area contributed by atoms with Gasteiger partial charge < -0.3 is 19.0 Å². The lowest BCUT2D eigenvalue weighted by Crippen LogP contribution is -2.20. The van der Waals surface area contributed by atoms with Crippen LogP contribution in [-0.4, -0.2) is 29.8 Å². The van der Waals surface area contributed by atoms with Gasteiger partial charge >= 0.3 is 0 Å². The second kappa shape index (κ2) is 6.98. The standard InChI is InChI=1S/C13H19N3O2/c1-17-8-5-14-9-12-10-15-11-16(12)6-4-13-3-2-7-18-13/h2-3,7,10-11,14H,4-6,8-9H2,1H3. The van der Waals surface area contributed by atoms with E-state index in [1.165, 1.54) is 5.69 Å². The Balaban J connectivity index is 1.79. The zero-order valence-corrected chi connectivity index (χ0v) is 10.6. The molecular weight excluding hydrogens is 230 g/mol. The summed E-state index contributed by atoms with van der Waals surface area (Å²) < 4.78 is 12.5. The SMILES string of the molecule is COCCNCc1cncn1CCc1ccco1. The van der Waals surface area contributed by atoms with Gasteiger partial charge in [0.25, 0.3) is 0 Å². The van der Waals surface area contributed by atoms with E-state index in [1.54, 1.807) is 13.4 Å². The molecule has 0 saturated carbocycles. The maximum Gasteiger partial charge on any atom is 0.105 e. The Hall–Kier alpha value is -1.59. The highest BCUT2D eigenvalue weighted by Gasteiger charge is 2.03. The van der Waals surface area contributed by atoms with Gasteiger partial charge in [0.2, 0.25) is 0 Å². The minimum Gasteiger partial charge on any atom is -0.469 e. The van der Waals surface area contributed by atoms with Crippen molar-refractivity contribution in [1.29, 1.82) is 0 Å². The molecule has 0 atom stereocenters. The topological polar surface area (TPSA) is 52.2 Å². The average molecular weight is 249 g/mol. The molecule has 5 heteroatoms. The van der Waals surface area contributed by atoms with Crippen molar-refractivity contribution in [1.82, 2.24) is 14.9 Å². The van der Waals surface area contributed by atoms with E-state index in [2.05, 4.69) is 14.9 Å². The maximum absolute atomic E-state index is 5.32. The number of hydrogen-bond acceptors (Lipinski definition) is 4. The van der Waals surface area contributed by atoms with E-state index in [4.69, 9.17) is 9.15 Å². The molecule has 0 bridgehead atoms. The van der Waals surface area contributed by atoms with Crippen LogP contribution in [0.4, 0.5) is 0 Å². The lowest BCUT2D eigenvalue weighted by atomic mass is 10.3. The minimum absolute atomic E-state index is 0.723. The van der Waals surface area contributed by atoms with E-state index in [0.29, 0.717) is 0 Å². The van der Waals surface area contributed by atoms with Crippen molar-refractivity contribution in [2.24, 2.45) is 0 Å². The fourth-order valence-corrected chi connectivity index (χ4v) is 1.77. The molecule has 0 spiro atoms. The van der Waals surface area contributed by atoms with Crippen LogP contribution in [0.3, 0.4) is 0 Å². The molecule has 0 unspecified atom stereocenters. The number of nitrogens with zero attached hydrogens (tertiary/aromatic N) is 2. The van der Waals surface area contributed by atoms with Crippen LogP contribution in [0.1, 0.15) is 11.5 Å². The lowest BCUT2D eigenvalue weighted by Gasteiger charge is -2.08. The van der Waals surface area contributed by atoms with Gasteiger partial charge in [-0.3, -0.25) is 0 Å².